The van der Waals surface area contributed by atoms with Gasteiger partial charge >= 0.3 is 11.9 Å². The van der Waals surface area contributed by atoms with E-state index in [1.54, 1.807) is 0 Å². The lowest BCUT2D eigenvalue weighted by Crippen LogP contribution is -2.47. The standard InChI is InChI=1S/C45H84N2O6/c1-5-8-10-12-14-16-18-20-22-24-26-28-30-32-34-36-42(48)52-40-41(51-39-38-47(4)7-3)44(45(46)50)53-43(49)37-35-33-31-29-27-25-23-21-19-17-15-13-11-9-6-2/h20-23,41,44H,5-19,24-40H2,1-4H3,(H2,46,50). The van der Waals surface area contributed by atoms with E-state index in [-0.39, 0.29) is 25.6 Å². The molecule has 0 aromatic heterocycles. The highest BCUT2D eigenvalue weighted by Crippen LogP contribution is 2.14. The van der Waals surface area contributed by atoms with Gasteiger partial charge in [-0.2, -0.15) is 0 Å². The third-order valence-electron chi connectivity index (χ3n) is 9.92. The Kier molecular flexibility index (Phi) is 37.9. The van der Waals surface area contributed by atoms with Gasteiger partial charge in [0.2, 0.25) is 6.10 Å². The number of hydrogen-bond acceptors (Lipinski definition) is 7. The fourth-order valence-corrected chi connectivity index (χ4v) is 6.19. The second-order valence-electron chi connectivity index (χ2n) is 15.0. The summed E-state index contributed by atoms with van der Waals surface area (Å²) in [4.78, 5) is 39.8. The molecule has 0 spiro atoms. The minimum absolute atomic E-state index is 0.186. The normalized spacial score (nSPS) is 12.9. The Labute approximate surface area is 326 Å². The summed E-state index contributed by atoms with van der Waals surface area (Å²) in [5.41, 5.74) is 5.68. The molecule has 0 aromatic rings. The van der Waals surface area contributed by atoms with E-state index >= 15 is 0 Å². The van der Waals surface area contributed by atoms with Crippen LogP contribution in [-0.4, -0.2) is 68.3 Å². The summed E-state index contributed by atoms with van der Waals surface area (Å²) in [6, 6.07) is 0. The molecule has 0 bridgehead atoms. The van der Waals surface area contributed by atoms with E-state index in [0.29, 0.717) is 19.4 Å². The average Bonchev–Trinajstić information content (AvgIpc) is 3.15. The fraction of sp³-hybridized carbons (Fsp3) is 0.844. The number of allylic oxidation sites excluding steroid dienone is 4. The molecule has 0 aliphatic heterocycles. The Morgan fingerprint density at radius 2 is 0.962 bits per heavy atom. The van der Waals surface area contributed by atoms with Crippen molar-refractivity contribution < 1.29 is 28.6 Å². The van der Waals surface area contributed by atoms with Crippen LogP contribution < -0.4 is 5.73 Å². The van der Waals surface area contributed by atoms with Crippen LogP contribution in [0.1, 0.15) is 201 Å². The molecule has 0 heterocycles. The van der Waals surface area contributed by atoms with E-state index in [4.69, 9.17) is 19.9 Å². The number of rotatable bonds is 40. The summed E-state index contributed by atoms with van der Waals surface area (Å²) >= 11 is 0. The lowest BCUT2D eigenvalue weighted by atomic mass is 10.1. The first kappa shape index (κ1) is 50.8. The van der Waals surface area contributed by atoms with Crippen molar-refractivity contribution in [2.75, 3.05) is 33.4 Å². The van der Waals surface area contributed by atoms with E-state index < -0.39 is 24.1 Å². The van der Waals surface area contributed by atoms with E-state index in [1.165, 1.54) is 96.3 Å². The van der Waals surface area contributed by atoms with Crippen LogP contribution >= 0.6 is 0 Å². The number of unbranched alkanes of at least 4 members (excludes halogenated alkanes) is 22. The largest absolute Gasteiger partial charge is 0.463 e. The van der Waals surface area contributed by atoms with Crippen LogP contribution in [0.25, 0.3) is 0 Å². The van der Waals surface area contributed by atoms with Gasteiger partial charge in [-0.3, -0.25) is 14.4 Å². The molecule has 2 unspecified atom stereocenters. The molecule has 0 saturated heterocycles. The van der Waals surface area contributed by atoms with Gasteiger partial charge in [0.15, 0.2) is 0 Å². The second-order valence-corrected chi connectivity index (χ2v) is 15.0. The maximum absolute atomic E-state index is 12.7. The molecule has 0 rings (SSSR count). The molecule has 2 N–H and O–H groups in total. The van der Waals surface area contributed by atoms with Gasteiger partial charge in [0.25, 0.3) is 5.91 Å². The minimum atomic E-state index is -1.31. The van der Waals surface area contributed by atoms with E-state index in [2.05, 4.69) is 43.1 Å². The van der Waals surface area contributed by atoms with E-state index in [9.17, 15) is 14.4 Å². The first-order valence-electron chi connectivity index (χ1n) is 22.1. The Balaban J connectivity index is 4.37. The summed E-state index contributed by atoms with van der Waals surface area (Å²) in [5.74, 6) is -1.62. The van der Waals surface area contributed by atoms with Crippen LogP contribution in [0.5, 0.6) is 0 Å². The zero-order chi connectivity index (χ0) is 39.0. The Hall–Kier alpha value is -2.19. The average molecular weight is 749 g/mol. The molecule has 8 nitrogen and oxygen atoms in total. The zero-order valence-electron chi connectivity index (χ0n) is 35.1. The number of carbonyl (C=O) groups is 3. The SMILES string of the molecule is CCCCCCCCC=CCCCCCCCC(=O)OCC(OCCN(C)CC)C(OC(=O)CCCCCCCC=CCCCCCCCC)C(N)=O. The molecule has 8 heteroatoms. The van der Waals surface area contributed by atoms with Gasteiger partial charge in [0, 0.05) is 19.4 Å². The highest BCUT2D eigenvalue weighted by Gasteiger charge is 2.32. The van der Waals surface area contributed by atoms with Crippen molar-refractivity contribution in [3.05, 3.63) is 24.3 Å². The van der Waals surface area contributed by atoms with Crippen LogP contribution in [0.2, 0.25) is 0 Å². The topological polar surface area (TPSA) is 108 Å². The first-order valence-corrected chi connectivity index (χ1v) is 22.1. The Morgan fingerprint density at radius 1 is 0.566 bits per heavy atom. The first-order chi connectivity index (χ1) is 25.8. The molecule has 53 heavy (non-hydrogen) atoms. The third kappa shape index (κ3) is 35.3. The van der Waals surface area contributed by atoms with Crippen molar-refractivity contribution in [1.29, 1.82) is 0 Å². The maximum atomic E-state index is 12.7. The summed E-state index contributed by atoms with van der Waals surface area (Å²) in [6.07, 6.45) is 38.3. The number of primary amides is 1. The van der Waals surface area contributed by atoms with Gasteiger partial charge < -0.3 is 24.8 Å². The van der Waals surface area contributed by atoms with Crippen molar-refractivity contribution >= 4 is 17.8 Å². The molecular weight excluding hydrogens is 665 g/mol. The monoisotopic (exact) mass is 749 g/mol. The molecule has 0 aliphatic carbocycles. The van der Waals surface area contributed by atoms with Crippen molar-refractivity contribution in [2.45, 2.75) is 213 Å². The maximum Gasteiger partial charge on any atom is 0.306 e. The summed E-state index contributed by atoms with van der Waals surface area (Å²) in [6.45, 7) is 8.10. The van der Waals surface area contributed by atoms with Crippen LogP contribution in [0.15, 0.2) is 24.3 Å². The summed E-state index contributed by atoms with van der Waals surface area (Å²) < 4.78 is 17.0. The highest BCUT2D eigenvalue weighted by atomic mass is 16.6. The van der Waals surface area contributed by atoms with Gasteiger partial charge in [-0.05, 0) is 77.8 Å². The van der Waals surface area contributed by atoms with E-state index in [1.807, 2.05) is 14.0 Å². The summed E-state index contributed by atoms with van der Waals surface area (Å²) in [7, 11) is 1.96. The van der Waals surface area contributed by atoms with Gasteiger partial charge in [-0.25, -0.2) is 0 Å². The van der Waals surface area contributed by atoms with Gasteiger partial charge in [0.1, 0.15) is 12.7 Å². The molecule has 0 aromatic carbocycles. The van der Waals surface area contributed by atoms with Crippen molar-refractivity contribution in [3.8, 4) is 0 Å². The molecule has 2 atom stereocenters. The van der Waals surface area contributed by atoms with Crippen LogP contribution in [-0.2, 0) is 28.6 Å². The predicted molar refractivity (Wildman–Crippen MR) is 222 cm³/mol. The zero-order valence-corrected chi connectivity index (χ0v) is 35.1. The summed E-state index contributed by atoms with van der Waals surface area (Å²) in [5, 5.41) is 0. The highest BCUT2D eigenvalue weighted by molar-refractivity contribution is 5.83. The van der Waals surface area contributed by atoms with Crippen LogP contribution in [0.4, 0.5) is 0 Å². The number of nitrogens with two attached hydrogens (primary N) is 1. The Morgan fingerprint density at radius 3 is 1.38 bits per heavy atom. The van der Waals surface area contributed by atoms with Crippen molar-refractivity contribution in [2.24, 2.45) is 5.73 Å². The van der Waals surface area contributed by atoms with Crippen LogP contribution in [0, 0.1) is 0 Å². The fourth-order valence-electron chi connectivity index (χ4n) is 6.19. The number of esters is 2. The number of ether oxygens (including phenoxy) is 3. The smallest absolute Gasteiger partial charge is 0.306 e. The lowest BCUT2D eigenvalue weighted by molar-refractivity contribution is -0.171. The van der Waals surface area contributed by atoms with E-state index in [0.717, 1.165) is 70.8 Å². The number of hydrogen-bond donors (Lipinski definition) is 1. The third-order valence-corrected chi connectivity index (χ3v) is 9.92. The van der Waals surface area contributed by atoms with Gasteiger partial charge in [-0.15, -0.1) is 0 Å². The number of amides is 1. The van der Waals surface area contributed by atoms with Crippen molar-refractivity contribution in [3.63, 3.8) is 0 Å². The van der Waals surface area contributed by atoms with Gasteiger partial charge in [-0.1, -0.05) is 148 Å². The second kappa shape index (κ2) is 39.5. The molecule has 0 radical (unpaired) electrons. The quantitative estimate of drug-likeness (QED) is 0.0377. The molecule has 1 amide bonds. The number of carbonyl (C=O) groups excluding carboxylic acids is 3. The molecule has 0 aliphatic rings. The molecule has 310 valence electrons. The Bertz CT molecular complexity index is 907. The molecule has 0 fully saturated rings. The molecular formula is C45H84N2O6. The lowest BCUT2D eigenvalue weighted by Gasteiger charge is -2.26. The predicted octanol–water partition coefficient (Wildman–Crippen LogP) is 11.3. The number of nitrogens with zero attached hydrogens (tertiary/aromatic N) is 1. The number of likely N-dealkylation sites (N-methyl/N-ethyl adjacent to an activating group) is 1. The molecule has 0 saturated carbocycles. The minimum Gasteiger partial charge on any atom is -0.463 e. The van der Waals surface area contributed by atoms with Gasteiger partial charge in [0.05, 0.1) is 6.61 Å². The van der Waals surface area contributed by atoms with Crippen LogP contribution in [0.3, 0.4) is 0 Å². The van der Waals surface area contributed by atoms with Crippen molar-refractivity contribution in [1.82, 2.24) is 4.90 Å².